The van der Waals surface area contributed by atoms with Gasteiger partial charge in [-0.05, 0) is 47.5 Å². The van der Waals surface area contributed by atoms with Crippen molar-refractivity contribution in [2.75, 3.05) is 31.1 Å². The van der Waals surface area contributed by atoms with E-state index in [1.165, 1.54) is 4.63 Å². The van der Waals surface area contributed by atoms with E-state index in [0.29, 0.717) is 18.8 Å². The molecule has 10 heteroatoms. The van der Waals surface area contributed by atoms with Crippen LogP contribution < -0.4 is 19.7 Å². The lowest BCUT2D eigenvalue weighted by Crippen LogP contribution is -2.45. The normalized spacial score (nSPS) is 19.3. The van der Waals surface area contributed by atoms with Gasteiger partial charge in [-0.3, -0.25) is 4.79 Å². The van der Waals surface area contributed by atoms with Crippen LogP contribution in [0.25, 0.3) is 5.65 Å². The molecule has 29 heavy (non-hydrogen) atoms. The van der Waals surface area contributed by atoms with Gasteiger partial charge in [-0.15, -0.1) is 14.8 Å². The van der Waals surface area contributed by atoms with E-state index in [0.717, 1.165) is 43.2 Å². The predicted octanol–water partition coefficient (Wildman–Crippen LogP) is 0.692. The van der Waals surface area contributed by atoms with Gasteiger partial charge in [0.2, 0.25) is 5.91 Å². The minimum absolute atomic E-state index is 0.0141. The summed E-state index contributed by atoms with van der Waals surface area (Å²) in [6.07, 6.45) is 1.36. The van der Waals surface area contributed by atoms with Crippen LogP contribution in [0.3, 0.4) is 0 Å². The summed E-state index contributed by atoms with van der Waals surface area (Å²) >= 11 is 0. The molecule has 10 nitrogen and oxygen atoms in total. The number of piperidine rings is 1. The highest BCUT2D eigenvalue weighted by molar-refractivity contribution is 5.79. The summed E-state index contributed by atoms with van der Waals surface area (Å²) in [6.45, 7) is 2.39. The van der Waals surface area contributed by atoms with Crippen LogP contribution in [-0.4, -0.2) is 63.5 Å². The molecule has 1 N–H and O–H groups in total. The van der Waals surface area contributed by atoms with Crippen LogP contribution in [0, 0.1) is 5.92 Å². The molecule has 1 atom stereocenters. The fraction of sp³-hybridized carbons (Fsp3) is 0.421. The number of aromatic nitrogens is 5. The first-order chi connectivity index (χ1) is 14.3. The van der Waals surface area contributed by atoms with Gasteiger partial charge in [-0.1, -0.05) is 12.1 Å². The van der Waals surface area contributed by atoms with Crippen molar-refractivity contribution < 1.29 is 14.3 Å². The third-order valence-electron chi connectivity index (χ3n) is 5.32. The lowest BCUT2D eigenvalue weighted by molar-refractivity contribution is -0.126. The van der Waals surface area contributed by atoms with E-state index in [4.69, 9.17) is 9.47 Å². The van der Waals surface area contributed by atoms with Gasteiger partial charge in [0, 0.05) is 19.0 Å². The van der Waals surface area contributed by atoms with Gasteiger partial charge in [0.1, 0.15) is 12.7 Å². The molecule has 3 aromatic rings. The molecule has 1 amide bonds. The van der Waals surface area contributed by atoms with E-state index < -0.39 is 0 Å². The van der Waals surface area contributed by atoms with Gasteiger partial charge in [0.25, 0.3) is 0 Å². The standard InChI is InChI=1S/C19H21N7O3/c27-19(20-11-14-12-28-15-3-1-2-4-16(15)29-14)13-7-9-25(10-8-13)18-6-5-17-21-23-24-26(17)22-18/h1-6,13-14H,7-12H2,(H,20,27)/t14-/m1/s1. The molecular weight excluding hydrogens is 374 g/mol. The summed E-state index contributed by atoms with van der Waals surface area (Å²) in [4.78, 5) is 14.8. The topological polar surface area (TPSA) is 107 Å². The van der Waals surface area contributed by atoms with E-state index in [-0.39, 0.29) is 17.9 Å². The zero-order valence-corrected chi connectivity index (χ0v) is 15.8. The van der Waals surface area contributed by atoms with Crippen molar-refractivity contribution in [3.05, 3.63) is 36.4 Å². The van der Waals surface area contributed by atoms with E-state index in [2.05, 4.69) is 30.8 Å². The third-order valence-corrected chi connectivity index (χ3v) is 5.32. The molecule has 0 radical (unpaired) electrons. The Morgan fingerprint density at radius 2 is 1.97 bits per heavy atom. The van der Waals surface area contributed by atoms with Gasteiger partial charge in [-0.2, -0.15) is 0 Å². The highest BCUT2D eigenvalue weighted by atomic mass is 16.6. The number of ether oxygens (including phenoxy) is 2. The first-order valence-corrected chi connectivity index (χ1v) is 9.73. The second-order valence-electron chi connectivity index (χ2n) is 7.22. The molecule has 0 aliphatic carbocycles. The van der Waals surface area contributed by atoms with Gasteiger partial charge in [0.05, 0.1) is 6.54 Å². The molecule has 0 unspecified atom stereocenters. The minimum Gasteiger partial charge on any atom is -0.486 e. The number of carbonyl (C=O) groups excluding carboxylic acids is 1. The van der Waals surface area contributed by atoms with Crippen molar-refractivity contribution in [3.63, 3.8) is 0 Å². The molecule has 0 bridgehead atoms. The number of nitrogens with zero attached hydrogens (tertiary/aromatic N) is 6. The highest BCUT2D eigenvalue weighted by Gasteiger charge is 2.27. The molecule has 2 aromatic heterocycles. The van der Waals surface area contributed by atoms with Gasteiger partial charge in [0.15, 0.2) is 23.0 Å². The number of hydrogen-bond donors (Lipinski definition) is 1. The van der Waals surface area contributed by atoms with Crippen LogP contribution >= 0.6 is 0 Å². The number of amides is 1. The Bertz CT molecular complexity index is 1020. The van der Waals surface area contributed by atoms with Crippen molar-refractivity contribution in [1.82, 2.24) is 30.6 Å². The van der Waals surface area contributed by atoms with E-state index >= 15 is 0 Å². The van der Waals surface area contributed by atoms with Crippen molar-refractivity contribution in [2.24, 2.45) is 5.92 Å². The average Bonchev–Trinajstić information content (AvgIpc) is 3.25. The Morgan fingerprint density at radius 1 is 1.14 bits per heavy atom. The smallest absolute Gasteiger partial charge is 0.223 e. The molecule has 0 saturated carbocycles. The number of benzene rings is 1. The zero-order valence-electron chi connectivity index (χ0n) is 15.8. The number of fused-ring (bicyclic) bond motifs is 2. The SMILES string of the molecule is O=C(NC[C@@H]1COc2ccccc2O1)C1CCN(c2ccc3nnnn3n2)CC1. The summed E-state index contributed by atoms with van der Waals surface area (Å²) < 4.78 is 13.0. The number of anilines is 1. The maximum absolute atomic E-state index is 12.6. The molecule has 1 aromatic carbocycles. The van der Waals surface area contributed by atoms with Crippen molar-refractivity contribution in [1.29, 1.82) is 0 Å². The van der Waals surface area contributed by atoms with Crippen molar-refractivity contribution in [2.45, 2.75) is 18.9 Å². The molecule has 2 aliphatic rings. The number of nitrogens with one attached hydrogen (secondary N) is 1. The van der Waals surface area contributed by atoms with E-state index in [9.17, 15) is 4.79 Å². The second-order valence-corrected chi connectivity index (χ2v) is 7.22. The minimum atomic E-state index is -0.179. The fourth-order valence-electron chi connectivity index (χ4n) is 3.70. The maximum atomic E-state index is 12.6. The Kier molecular flexibility index (Phi) is 4.59. The maximum Gasteiger partial charge on any atom is 0.223 e. The summed E-state index contributed by atoms with van der Waals surface area (Å²) in [5, 5.41) is 18.7. The Labute approximate surface area is 166 Å². The summed E-state index contributed by atoms with van der Waals surface area (Å²) in [7, 11) is 0. The van der Waals surface area contributed by atoms with Crippen LogP contribution in [0.15, 0.2) is 36.4 Å². The third kappa shape index (κ3) is 3.65. The fourth-order valence-corrected chi connectivity index (χ4v) is 3.70. The average molecular weight is 395 g/mol. The monoisotopic (exact) mass is 395 g/mol. The summed E-state index contributed by atoms with van der Waals surface area (Å²) in [5.74, 6) is 2.33. The molecular formula is C19H21N7O3. The number of rotatable bonds is 4. The number of para-hydroxylation sites is 2. The number of carbonyl (C=O) groups is 1. The van der Waals surface area contributed by atoms with Crippen LogP contribution in [0.2, 0.25) is 0 Å². The quantitative estimate of drug-likeness (QED) is 0.688. The molecule has 2 aliphatic heterocycles. The van der Waals surface area contributed by atoms with Crippen LogP contribution in [0.1, 0.15) is 12.8 Å². The summed E-state index contributed by atoms with van der Waals surface area (Å²) in [5.41, 5.74) is 0.611. The second kappa shape index (κ2) is 7.53. The summed E-state index contributed by atoms with van der Waals surface area (Å²) in [6, 6.07) is 11.3. The lowest BCUT2D eigenvalue weighted by atomic mass is 9.96. The molecule has 5 rings (SSSR count). The number of hydrogen-bond acceptors (Lipinski definition) is 8. The van der Waals surface area contributed by atoms with Crippen LogP contribution in [0.5, 0.6) is 11.5 Å². The molecule has 1 fully saturated rings. The van der Waals surface area contributed by atoms with E-state index in [1.54, 1.807) is 0 Å². The first kappa shape index (κ1) is 17.7. The van der Waals surface area contributed by atoms with E-state index in [1.807, 2.05) is 36.4 Å². The largest absolute Gasteiger partial charge is 0.486 e. The predicted molar refractivity (Wildman–Crippen MR) is 103 cm³/mol. The van der Waals surface area contributed by atoms with Gasteiger partial charge >= 0.3 is 0 Å². The zero-order chi connectivity index (χ0) is 19.6. The van der Waals surface area contributed by atoms with Gasteiger partial charge in [-0.25, -0.2) is 0 Å². The Morgan fingerprint density at radius 3 is 2.83 bits per heavy atom. The lowest BCUT2D eigenvalue weighted by Gasteiger charge is -2.32. The molecule has 4 heterocycles. The number of tetrazole rings is 1. The molecule has 0 spiro atoms. The van der Waals surface area contributed by atoms with Crippen LogP contribution in [0.4, 0.5) is 5.82 Å². The Hall–Kier alpha value is -3.43. The molecule has 150 valence electrons. The highest BCUT2D eigenvalue weighted by Crippen LogP contribution is 2.30. The van der Waals surface area contributed by atoms with Crippen molar-refractivity contribution >= 4 is 17.4 Å². The van der Waals surface area contributed by atoms with Gasteiger partial charge < -0.3 is 19.7 Å². The van der Waals surface area contributed by atoms with Crippen molar-refractivity contribution in [3.8, 4) is 11.5 Å². The first-order valence-electron chi connectivity index (χ1n) is 9.73. The van der Waals surface area contributed by atoms with Crippen LogP contribution in [-0.2, 0) is 4.79 Å². The molecule has 1 saturated heterocycles. The Balaban J connectivity index is 1.12.